The van der Waals surface area contributed by atoms with Crippen LogP contribution in [0.2, 0.25) is 0 Å². The van der Waals surface area contributed by atoms with Crippen molar-refractivity contribution in [2.75, 3.05) is 0 Å². The molecule has 0 radical (unpaired) electrons. The highest BCUT2D eigenvalue weighted by atomic mass is 32.2. The SMILES string of the molecule is C[C@@H](N)C/C=C/CC/C=C/C(=C\N)S(N)(=O)=O. The van der Waals surface area contributed by atoms with E-state index in [1.165, 1.54) is 6.08 Å². The summed E-state index contributed by atoms with van der Waals surface area (Å²) in [6.45, 7) is 1.94. The van der Waals surface area contributed by atoms with Gasteiger partial charge in [0.05, 0.1) is 4.91 Å². The van der Waals surface area contributed by atoms with Crippen molar-refractivity contribution >= 4 is 10.0 Å². The fourth-order valence-corrected chi connectivity index (χ4v) is 1.54. The molecule has 0 heterocycles. The molecule has 98 valence electrons. The van der Waals surface area contributed by atoms with Gasteiger partial charge in [0.25, 0.3) is 0 Å². The zero-order chi connectivity index (χ0) is 13.3. The van der Waals surface area contributed by atoms with E-state index in [9.17, 15) is 8.42 Å². The smallest absolute Gasteiger partial charge is 0.239 e. The molecule has 0 rings (SSSR count). The first-order valence-corrected chi connectivity index (χ1v) is 6.94. The molecule has 0 aliphatic rings. The molecule has 0 aromatic rings. The molecule has 6 heteroatoms. The number of sulfonamides is 1. The highest BCUT2D eigenvalue weighted by molar-refractivity contribution is 7.93. The lowest BCUT2D eigenvalue weighted by Crippen LogP contribution is -2.14. The van der Waals surface area contributed by atoms with Crippen LogP contribution in [0.3, 0.4) is 0 Å². The van der Waals surface area contributed by atoms with E-state index >= 15 is 0 Å². The van der Waals surface area contributed by atoms with E-state index in [0.29, 0.717) is 0 Å². The van der Waals surface area contributed by atoms with Gasteiger partial charge < -0.3 is 11.5 Å². The van der Waals surface area contributed by atoms with Crippen LogP contribution >= 0.6 is 0 Å². The largest absolute Gasteiger partial charge is 0.404 e. The number of hydrogen-bond acceptors (Lipinski definition) is 4. The van der Waals surface area contributed by atoms with E-state index in [1.54, 1.807) is 6.08 Å². The Morgan fingerprint density at radius 2 is 1.82 bits per heavy atom. The fourth-order valence-electron chi connectivity index (χ4n) is 1.07. The van der Waals surface area contributed by atoms with Crippen LogP contribution in [0, 0.1) is 0 Å². The molecule has 0 aromatic heterocycles. The van der Waals surface area contributed by atoms with Crippen LogP contribution in [0.4, 0.5) is 0 Å². The molecule has 0 saturated heterocycles. The van der Waals surface area contributed by atoms with Crippen LogP contribution in [0.5, 0.6) is 0 Å². The van der Waals surface area contributed by atoms with Gasteiger partial charge in [0, 0.05) is 12.2 Å². The van der Waals surface area contributed by atoms with Crippen molar-refractivity contribution in [3.05, 3.63) is 35.4 Å². The number of primary sulfonamides is 1. The Hall–Kier alpha value is -1.11. The molecule has 6 N–H and O–H groups in total. The van der Waals surface area contributed by atoms with Gasteiger partial charge in [-0.1, -0.05) is 18.2 Å². The standard InChI is InChI=1S/C11H21N3O2S/c1-10(13)7-5-3-2-4-6-8-11(9-12)17(14,15)16/h3,5-6,8-10H,2,4,7,12-13H2,1H3,(H2,14,15,16)/b5-3+,8-6+,11-9+/t10-/m1/s1. The van der Waals surface area contributed by atoms with Crippen LogP contribution in [0.15, 0.2) is 35.4 Å². The Morgan fingerprint density at radius 3 is 2.29 bits per heavy atom. The van der Waals surface area contributed by atoms with Gasteiger partial charge in [0.1, 0.15) is 0 Å². The minimum atomic E-state index is -3.71. The molecule has 0 spiro atoms. The van der Waals surface area contributed by atoms with Crippen molar-refractivity contribution in [2.45, 2.75) is 32.2 Å². The highest BCUT2D eigenvalue weighted by Gasteiger charge is 2.06. The predicted octanol–water partition coefficient (Wildman–Crippen LogP) is 0.705. The number of hydrogen-bond donors (Lipinski definition) is 3. The summed E-state index contributed by atoms with van der Waals surface area (Å²) in [5.74, 6) is 0. The van der Waals surface area contributed by atoms with Crippen LogP contribution in [0.1, 0.15) is 26.2 Å². The van der Waals surface area contributed by atoms with Gasteiger partial charge in [-0.2, -0.15) is 0 Å². The van der Waals surface area contributed by atoms with E-state index in [4.69, 9.17) is 16.6 Å². The van der Waals surface area contributed by atoms with E-state index in [1.807, 2.05) is 19.1 Å². The molecular formula is C11H21N3O2S. The molecule has 1 atom stereocenters. The maximum absolute atomic E-state index is 11.0. The van der Waals surface area contributed by atoms with Gasteiger partial charge in [-0.15, -0.1) is 0 Å². The second kappa shape index (κ2) is 8.05. The van der Waals surface area contributed by atoms with Crippen molar-refractivity contribution < 1.29 is 8.42 Å². The van der Waals surface area contributed by atoms with Crippen molar-refractivity contribution in [1.29, 1.82) is 0 Å². The van der Waals surface area contributed by atoms with Gasteiger partial charge in [0.2, 0.25) is 10.0 Å². The number of allylic oxidation sites excluding steroid dienone is 3. The number of rotatable bonds is 7. The first-order chi connectivity index (χ1) is 7.88. The summed E-state index contributed by atoms with van der Waals surface area (Å²) in [6.07, 6.45) is 10.5. The lowest BCUT2D eigenvalue weighted by molar-refractivity contribution is 0.604. The molecule has 0 fully saturated rings. The maximum atomic E-state index is 11.0. The van der Waals surface area contributed by atoms with Gasteiger partial charge in [-0.3, -0.25) is 0 Å². The molecule has 0 unspecified atom stereocenters. The van der Waals surface area contributed by atoms with Crippen LogP contribution in [0.25, 0.3) is 0 Å². The lowest BCUT2D eigenvalue weighted by Gasteiger charge is -1.97. The highest BCUT2D eigenvalue weighted by Crippen LogP contribution is 2.04. The minimum Gasteiger partial charge on any atom is -0.404 e. The Kier molecular flexibility index (Phi) is 7.53. The molecule has 0 saturated carbocycles. The van der Waals surface area contributed by atoms with E-state index < -0.39 is 10.0 Å². The van der Waals surface area contributed by atoms with E-state index in [-0.39, 0.29) is 10.9 Å². The van der Waals surface area contributed by atoms with Crippen molar-refractivity contribution in [2.24, 2.45) is 16.6 Å². The van der Waals surface area contributed by atoms with Crippen molar-refractivity contribution in [3.8, 4) is 0 Å². The molecule has 5 nitrogen and oxygen atoms in total. The lowest BCUT2D eigenvalue weighted by atomic mass is 10.2. The normalized spacial score (nSPS) is 15.8. The van der Waals surface area contributed by atoms with Crippen molar-refractivity contribution in [1.82, 2.24) is 0 Å². The topological polar surface area (TPSA) is 112 Å². The van der Waals surface area contributed by atoms with E-state index in [0.717, 1.165) is 25.5 Å². The first-order valence-electron chi connectivity index (χ1n) is 5.39. The summed E-state index contributed by atoms with van der Waals surface area (Å²) in [4.78, 5) is -0.0722. The zero-order valence-electron chi connectivity index (χ0n) is 10.0. The second-order valence-corrected chi connectivity index (χ2v) is 5.34. The average Bonchev–Trinajstić information content (AvgIpc) is 2.19. The van der Waals surface area contributed by atoms with Gasteiger partial charge in [-0.05, 0) is 32.3 Å². The summed E-state index contributed by atoms with van der Waals surface area (Å²) in [5.41, 5.74) is 10.7. The number of nitrogens with two attached hydrogens (primary N) is 3. The molecule has 0 bridgehead atoms. The molecular weight excluding hydrogens is 238 g/mol. The predicted molar refractivity (Wildman–Crippen MR) is 71.2 cm³/mol. The van der Waals surface area contributed by atoms with Gasteiger partial charge in [0.15, 0.2) is 0 Å². The molecule has 0 aromatic carbocycles. The molecule has 0 amide bonds. The zero-order valence-corrected chi connectivity index (χ0v) is 10.9. The number of unbranched alkanes of at least 4 members (excludes halogenated alkanes) is 1. The van der Waals surface area contributed by atoms with Crippen LogP contribution in [-0.4, -0.2) is 14.5 Å². The Morgan fingerprint density at radius 1 is 1.24 bits per heavy atom. The average molecular weight is 259 g/mol. The van der Waals surface area contributed by atoms with Crippen LogP contribution in [-0.2, 0) is 10.0 Å². The third-order valence-electron chi connectivity index (χ3n) is 1.95. The summed E-state index contributed by atoms with van der Waals surface area (Å²) in [7, 11) is -3.71. The Labute approximate surface area is 103 Å². The summed E-state index contributed by atoms with van der Waals surface area (Å²) >= 11 is 0. The Balaban J connectivity index is 4.01. The molecule has 17 heavy (non-hydrogen) atoms. The van der Waals surface area contributed by atoms with Crippen molar-refractivity contribution in [3.63, 3.8) is 0 Å². The van der Waals surface area contributed by atoms with Crippen LogP contribution < -0.4 is 16.6 Å². The molecule has 0 aliphatic carbocycles. The summed E-state index contributed by atoms with van der Waals surface area (Å²) in [5, 5.41) is 4.93. The third kappa shape index (κ3) is 8.67. The third-order valence-corrected chi connectivity index (χ3v) is 2.88. The van der Waals surface area contributed by atoms with E-state index in [2.05, 4.69) is 0 Å². The Bertz CT molecular complexity index is 395. The maximum Gasteiger partial charge on any atom is 0.239 e. The summed E-state index contributed by atoms with van der Waals surface area (Å²) < 4.78 is 21.9. The summed E-state index contributed by atoms with van der Waals surface area (Å²) in [6, 6.07) is 0.163. The fraction of sp³-hybridized carbons (Fsp3) is 0.455. The van der Waals surface area contributed by atoms with Gasteiger partial charge >= 0.3 is 0 Å². The first kappa shape index (κ1) is 15.9. The minimum absolute atomic E-state index is 0.0722. The second-order valence-electron chi connectivity index (χ2n) is 3.78. The molecule has 0 aliphatic heterocycles. The van der Waals surface area contributed by atoms with Gasteiger partial charge in [-0.25, -0.2) is 13.6 Å². The quantitative estimate of drug-likeness (QED) is 0.355. The monoisotopic (exact) mass is 259 g/mol.